The van der Waals surface area contributed by atoms with E-state index in [1.54, 1.807) is 4.90 Å². The van der Waals surface area contributed by atoms with Gasteiger partial charge in [0.2, 0.25) is 17.7 Å². The van der Waals surface area contributed by atoms with Crippen molar-refractivity contribution in [2.45, 2.75) is 31.7 Å². The summed E-state index contributed by atoms with van der Waals surface area (Å²) in [6.07, 6.45) is 2.35. The predicted octanol–water partition coefficient (Wildman–Crippen LogP) is 2.84. The summed E-state index contributed by atoms with van der Waals surface area (Å²) in [5, 5.41) is 0. The molecule has 2 aliphatic rings. The number of aromatic nitrogens is 2. The van der Waals surface area contributed by atoms with Crippen molar-refractivity contribution >= 4 is 28.8 Å². The number of nitrogens with one attached hydrogen (secondary N) is 1. The quantitative estimate of drug-likeness (QED) is 0.648. The van der Waals surface area contributed by atoms with E-state index in [1.165, 1.54) is 0 Å². The predicted molar refractivity (Wildman–Crippen MR) is 115 cm³/mol. The zero-order valence-electron chi connectivity index (χ0n) is 17.2. The summed E-state index contributed by atoms with van der Waals surface area (Å²) in [5.74, 6) is -0.356. The fraction of sp³-hybridized carbons (Fsp3) is 0.333. The third kappa shape index (κ3) is 3.71. The van der Waals surface area contributed by atoms with Crippen LogP contribution in [0.2, 0.25) is 0 Å². The van der Waals surface area contributed by atoms with Gasteiger partial charge >= 0.3 is 0 Å². The molecule has 0 saturated carbocycles. The number of amides is 3. The first kappa shape index (κ1) is 19.5. The lowest BCUT2D eigenvalue weighted by atomic mass is 9.98. The minimum Gasteiger partial charge on any atom is -0.340 e. The Morgan fingerprint density at radius 3 is 2.65 bits per heavy atom. The van der Waals surface area contributed by atoms with Crippen LogP contribution in [0, 0.1) is 5.92 Å². The van der Waals surface area contributed by atoms with Gasteiger partial charge in [-0.15, -0.1) is 0 Å². The first-order valence-electron chi connectivity index (χ1n) is 10.7. The molecule has 1 N–H and O–H groups in total. The van der Waals surface area contributed by atoms with Gasteiger partial charge in [-0.05, 0) is 37.0 Å². The SMILES string of the molecule is O=C1C[C@@H](Cc2ccccc2)C(=O)N1CC(=O)N1CCC[C@H]1c1nc2ccccc2[nH]1. The van der Waals surface area contributed by atoms with Crippen LogP contribution in [0.5, 0.6) is 0 Å². The van der Waals surface area contributed by atoms with Gasteiger partial charge in [0.05, 0.1) is 23.0 Å². The maximum Gasteiger partial charge on any atom is 0.243 e. The molecule has 0 aliphatic carbocycles. The number of nitrogens with zero attached hydrogens (tertiary/aromatic N) is 3. The van der Waals surface area contributed by atoms with Crippen molar-refractivity contribution in [1.29, 1.82) is 0 Å². The second-order valence-corrected chi connectivity index (χ2v) is 8.29. The molecule has 3 aromatic rings. The van der Waals surface area contributed by atoms with Crippen LogP contribution in [-0.2, 0) is 20.8 Å². The van der Waals surface area contributed by atoms with E-state index in [-0.39, 0.29) is 36.7 Å². The molecule has 0 radical (unpaired) electrons. The number of imidazole rings is 1. The average Bonchev–Trinajstić information content (AvgIpc) is 3.48. The lowest BCUT2D eigenvalue weighted by molar-refractivity contribution is -0.146. The molecular weight excluding hydrogens is 392 g/mol. The Kier molecular flexibility index (Phi) is 5.02. The number of imide groups is 1. The van der Waals surface area contributed by atoms with Crippen LogP contribution in [0.3, 0.4) is 0 Å². The maximum atomic E-state index is 13.1. The van der Waals surface area contributed by atoms with Crippen molar-refractivity contribution in [3.05, 3.63) is 66.0 Å². The Morgan fingerprint density at radius 2 is 1.84 bits per heavy atom. The lowest BCUT2D eigenvalue weighted by Crippen LogP contribution is -2.43. The number of fused-ring (bicyclic) bond motifs is 1. The molecule has 2 saturated heterocycles. The highest BCUT2D eigenvalue weighted by Crippen LogP contribution is 2.32. The molecule has 7 heteroatoms. The molecule has 0 bridgehead atoms. The van der Waals surface area contributed by atoms with Crippen LogP contribution in [-0.4, -0.2) is 50.6 Å². The van der Waals surface area contributed by atoms with Crippen LogP contribution >= 0.6 is 0 Å². The first-order valence-corrected chi connectivity index (χ1v) is 10.7. The third-order valence-corrected chi connectivity index (χ3v) is 6.25. The molecule has 2 aliphatic heterocycles. The fourth-order valence-corrected chi connectivity index (χ4v) is 4.68. The fourth-order valence-electron chi connectivity index (χ4n) is 4.68. The van der Waals surface area contributed by atoms with E-state index in [2.05, 4.69) is 9.97 Å². The standard InChI is InChI=1S/C24H24N4O3/c29-21-14-17(13-16-7-2-1-3-8-16)24(31)28(21)15-22(30)27-12-6-11-20(27)23-25-18-9-4-5-10-19(18)26-23/h1-5,7-10,17,20H,6,11-15H2,(H,25,26)/t17-,20+/m1/s1. The van der Waals surface area contributed by atoms with Gasteiger partial charge in [0, 0.05) is 13.0 Å². The number of H-pyrrole nitrogens is 1. The summed E-state index contributed by atoms with van der Waals surface area (Å²) in [6, 6.07) is 17.3. The summed E-state index contributed by atoms with van der Waals surface area (Å²) in [7, 11) is 0. The molecule has 2 fully saturated rings. The van der Waals surface area contributed by atoms with E-state index >= 15 is 0 Å². The van der Waals surface area contributed by atoms with Gasteiger partial charge < -0.3 is 9.88 Å². The average molecular weight is 416 g/mol. The van der Waals surface area contributed by atoms with Crippen molar-refractivity contribution in [2.24, 2.45) is 5.92 Å². The van der Waals surface area contributed by atoms with Crippen LogP contribution in [0.15, 0.2) is 54.6 Å². The highest BCUT2D eigenvalue weighted by Gasteiger charge is 2.41. The highest BCUT2D eigenvalue weighted by atomic mass is 16.2. The van der Waals surface area contributed by atoms with Crippen molar-refractivity contribution in [2.75, 3.05) is 13.1 Å². The smallest absolute Gasteiger partial charge is 0.243 e. The number of hydrogen-bond donors (Lipinski definition) is 1. The molecule has 0 unspecified atom stereocenters. The van der Waals surface area contributed by atoms with Crippen LogP contribution in [0.25, 0.3) is 11.0 Å². The van der Waals surface area contributed by atoms with Crippen LogP contribution in [0.1, 0.15) is 36.7 Å². The molecule has 0 spiro atoms. The van der Waals surface area contributed by atoms with Crippen molar-refractivity contribution in [1.82, 2.24) is 19.8 Å². The minimum absolute atomic E-state index is 0.159. The monoisotopic (exact) mass is 416 g/mol. The number of para-hydroxylation sites is 2. The molecule has 5 rings (SSSR count). The molecule has 3 amide bonds. The van der Waals surface area contributed by atoms with Crippen molar-refractivity contribution in [3.63, 3.8) is 0 Å². The van der Waals surface area contributed by atoms with Gasteiger partial charge in [-0.3, -0.25) is 19.3 Å². The number of hydrogen-bond acceptors (Lipinski definition) is 4. The lowest BCUT2D eigenvalue weighted by Gasteiger charge is -2.25. The molecule has 158 valence electrons. The van der Waals surface area contributed by atoms with Crippen molar-refractivity contribution < 1.29 is 14.4 Å². The van der Waals surface area contributed by atoms with Crippen molar-refractivity contribution in [3.8, 4) is 0 Å². The number of rotatable bonds is 5. The zero-order chi connectivity index (χ0) is 21.4. The van der Waals surface area contributed by atoms with E-state index in [1.807, 2.05) is 54.6 Å². The molecule has 2 atom stereocenters. The Morgan fingerprint density at radius 1 is 1.06 bits per heavy atom. The highest BCUT2D eigenvalue weighted by molar-refractivity contribution is 6.06. The number of likely N-dealkylation sites (tertiary alicyclic amines) is 2. The Labute approximate surface area is 180 Å². The summed E-state index contributed by atoms with van der Waals surface area (Å²) < 4.78 is 0. The largest absolute Gasteiger partial charge is 0.340 e. The normalized spacial score (nSPS) is 21.4. The van der Waals surface area contributed by atoms with E-state index < -0.39 is 5.92 Å². The number of carbonyl (C=O) groups excluding carboxylic acids is 3. The number of benzene rings is 2. The summed E-state index contributed by atoms with van der Waals surface area (Å²) in [5.41, 5.74) is 2.82. The maximum absolute atomic E-state index is 13.1. The molecule has 2 aromatic carbocycles. The molecule has 1 aromatic heterocycles. The molecular formula is C24H24N4O3. The number of aromatic amines is 1. The Hall–Kier alpha value is -3.48. The molecule has 7 nitrogen and oxygen atoms in total. The molecule has 3 heterocycles. The van der Waals surface area contributed by atoms with Gasteiger partial charge in [0.15, 0.2) is 0 Å². The third-order valence-electron chi connectivity index (χ3n) is 6.25. The van der Waals surface area contributed by atoms with E-state index in [4.69, 9.17) is 0 Å². The second kappa shape index (κ2) is 7.98. The van der Waals surface area contributed by atoms with Gasteiger partial charge in [-0.2, -0.15) is 0 Å². The van der Waals surface area contributed by atoms with Crippen LogP contribution in [0.4, 0.5) is 0 Å². The Balaban J connectivity index is 1.28. The minimum atomic E-state index is -0.396. The molecule has 31 heavy (non-hydrogen) atoms. The topological polar surface area (TPSA) is 86.4 Å². The van der Waals surface area contributed by atoms with Gasteiger partial charge in [-0.1, -0.05) is 42.5 Å². The van der Waals surface area contributed by atoms with E-state index in [9.17, 15) is 14.4 Å². The van der Waals surface area contributed by atoms with E-state index in [0.29, 0.717) is 13.0 Å². The number of carbonyl (C=O) groups is 3. The Bertz CT molecular complexity index is 1110. The first-order chi connectivity index (χ1) is 15.1. The summed E-state index contributed by atoms with van der Waals surface area (Å²) in [6.45, 7) is 0.407. The summed E-state index contributed by atoms with van der Waals surface area (Å²) in [4.78, 5) is 49.3. The van der Waals surface area contributed by atoms with Gasteiger partial charge in [0.1, 0.15) is 12.4 Å². The van der Waals surface area contributed by atoms with E-state index in [0.717, 1.165) is 40.2 Å². The van der Waals surface area contributed by atoms with Crippen LogP contribution < -0.4 is 0 Å². The summed E-state index contributed by atoms with van der Waals surface area (Å²) >= 11 is 0. The second-order valence-electron chi connectivity index (χ2n) is 8.29. The zero-order valence-corrected chi connectivity index (χ0v) is 17.2. The van der Waals surface area contributed by atoms with Gasteiger partial charge in [0.25, 0.3) is 0 Å². The van der Waals surface area contributed by atoms with Gasteiger partial charge in [-0.25, -0.2) is 4.98 Å².